The van der Waals surface area contributed by atoms with Gasteiger partial charge in [-0.15, -0.1) is 0 Å². The van der Waals surface area contributed by atoms with Crippen LogP contribution in [0.3, 0.4) is 0 Å². The van der Waals surface area contributed by atoms with E-state index < -0.39 is 36.0 Å². The molecule has 0 bridgehead atoms. The molecule has 0 spiro atoms. The molecule has 5 atom stereocenters. The highest BCUT2D eigenvalue weighted by Gasteiger charge is 2.39. The van der Waals surface area contributed by atoms with Crippen LogP contribution in [0.1, 0.15) is 37.7 Å². The first-order chi connectivity index (χ1) is 15.6. The fourth-order valence-corrected chi connectivity index (χ4v) is 3.92. The van der Waals surface area contributed by atoms with E-state index >= 15 is 0 Å². The molecule has 1 aromatic rings. The standard InChI is InChI=1S/C24H31F3O6/c1-32-23(31)10-5-3-2-4-9-19-20(22(30)14-21(19)29)12-11-17(28)15-33-18-8-6-7-16(13-18)24(25,26)27/h5-8,10-13,17,19-22,28-30H,2-4,9,14-15H2,1H3. The third-order valence-electron chi connectivity index (χ3n) is 5.67. The summed E-state index contributed by atoms with van der Waals surface area (Å²) >= 11 is 0. The molecular weight excluding hydrogens is 441 g/mol. The van der Waals surface area contributed by atoms with Gasteiger partial charge in [-0.1, -0.05) is 30.7 Å². The number of halogens is 3. The van der Waals surface area contributed by atoms with Gasteiger partial charge in [-0.25, -0.2) is 4.79 Å². The SMILES string of the molecule is COC(=O)C=CCCCCC1C(O)CC(O)C1C=CC(O)COc1cccc(C(F)(F)F)c1. The lowest BCUT2D eigenvalue weighted by atomic mass is 9.88. The normalized spacial score (nSPS) is 24.5. The molecule has 6 nitrogen and oxygen atoms in total. The molecule has 2 rings (SSSR count). The van der Waals surface area contributed by atoms with Crippen LogP contribution in [0.5, 0.6) is 5.75 Å². The van der Waals surface area contributed by atoms with Crippen molar-refractivity contribution in [2.75, 3.05) is 13.7 Å². The van der Waals surface area contributed by atoms with Crippen LogP contribution in [-0.4, -0.2) is 53.3 Å². The van der Waals surface area contributed by atoms with E-state index in [1.54, 1.807) is 12.2 Å². The van der Waals surface area contributed by atoms with Crippen LogP contribution < -0.4 is 4.74 Å². The van der Waals surface area contributed by atoms with Gasteiger partial charge in [0.1, 0.15) is 18.5 Å². The molecule has 5 unspecified atom stereocenters. The predicted octanol–water partition coefficient (Wildman–Crippen LogP) is 3.65. The number of ether oxygens (including phenoxy) is 2. The number of alkyl halides is 3. The molecule has 33 heavy (non-hydrogen) atoms. The van der Waals surface area contributed by atoms with Gasteiger partial charge in [-0.05, 0) is 43.4 Å². The Labute approximate surface area is 191 Å². The van der Waals surface area contributed by atoms with Crippen LogP contribution in [0.25, 0.3) is 0 Å². The summed E-state index contributed by atoms with van der Waals surface area (Å²) in [5.41, 5.74) is -0.836. The van der Waals surface area contributed by atoms with Crippen LogP contribution in [0, 0.1) is 11.8 Å². The van der Waals surface area contributed by atoms with E-state index in [2.05, 4.69) is 4.74 Å². The second kappa shape index (κ2) is 12.8. The molecule has 0 amide bonds. The van der Waals surface area contributed by atoms with Crippen molar-refractivity contribution in [3.05, 3.63) is 54.1 Å². The van der Waals surface area contributed by atoms with Crippen LogP contribution in [0.2, 0.25) is 0 Å². The minimum Gasteiger partial charge on any atom is -0.491 e. The Morgan fingerprint density at radius 2 is 2.00 bits per heavy atom. The monoisotopic (exact) mass is 472 g/mol. The Morgan fingerprint density at radius 1 is 1.24 bits per heavy atom. The molecule has 1 fully saturated rings. The van der Waals surface area contributed by atoms with Gasteiger partial charge in [0.15, 0.2) is 0 Å². The van der Waals surface area contributed by atoms with Gasteiger partial charge < -0.3 is 24.8 Å². The van der Waals surface area contributed by atoms with Crippen molar-refractivity contribution in [3.63, 3.8) is 0 Å². The summed E-state index contributed by atoms with van der Waals surface area (Å²) in [5.74, 6) is -0.955. The summed E-state index contributed by atoms with van der Waals surface area (Å²) in [6.45, 7) is -0.250. The van der Waals surface area contributed by atoms with E-state index in [1.807, 2.05) is 0 Å². The zero-order valence-electron chi connectivity index (χ0n) is 18.4. The lowest BCUT2D eigenvalue weighted by Crippen LogP contribution is -2.22. The van der Waals surface area contributed by atoms with Crippen molar-refractivity contribution < 1.29 is 42.8 Å². The van der Waals surface area contributed by atoms with E-state index in [4.69, 9.17) is 4.74 Å². The molecule has 1 aromatic carbocycles. The van der Waals surface area contributed by atoms with Crippen molar-refractivity contribution in [3.8, 4) is 5.75 Å². The third kappa shape index (κ3) is 8.83. The number of allylic oxidation sites excluding steroid dienone is 1. The average molecular weight is 473 g/mol. The van der Waals surface area contributed by atoms with E-state index in [9.17, 15) is 33.3 Å². The molecule has 0 radical (unpaired) electrons. The van der Waals surface area contributed by atoms with Gasteiger partial charge in [0.05, 0.1) is 24.9 Å². The number of benzene rings is 1. The van der Waals surface area contributed by atoms with Gasteiger partial charge in [0.2, 0.25) is 0 Å². The number of aliphatic hydroxyl groups excluding tert-OH is 3. The molecule has 184 valence electrons. The summed E-state index contributed by atoms with van der Waals surface area (Å²) < 4.78 is 48.1. The maximum Gasteiger partial charge on any atom is 0.416 e. The topological polar surface area (TPSA) is 96.2 Å². The van der Waals surface area contributed by atoms with Crippen molar-refractivity contribution in [1.29, 1.82) is 0 Å². The van der Waals surface area contributed by atoms with Gasteiger partial charge in [-0.2, -0.15) is 13.2 Å². The van der Waals surface area contributed by atoms with Crippen molar-refractivity contribution >= 4 is 5.97 Å². The van der Waals surface area contributed by atoms with Crippen LogP contribution in [0.15, 0.2) is 48.6 Å². The van der Waals surface area contributed by atoms with Gasteiger partial charge in [-0.3, -0.25) is 0 Å². The van der Waals surface area contributed by atoms with Crippen LogP contribution >= 0.6 is 0 Å². The molecule has 0 saturated heterocycles. The van der Waals surface area contributed by atoms with Gasteiger partial charge in [0, 0.05) is 18.4 Å². The number of aliphatic hydroxyl groups is 3. The fraction of sp³-hybridized carbons (Fsp3) is 0.542. The third-order valence-corrected chi connectivity index (χ3v) is 5.67. The summed E-state index contributed by atoms with van der Waals surface area (Å²) in [7, 11) is 1.31. The minimum absolute atomic E-state index is 0.00674. The first kappa shape index (κ1) is 26.9. The summed E-state index contributed by atoms with van der Waals surface area (Å²) in [5, 5.41) is 30.7. The number of carbonyl (C=O) groups excluding carboxylic acids is 1. The number of hydrogen-bond donors (Lipinski definition) is 3. The Kier molecular flexibility index (Phi) is 10.4. The lowest BCUT2D eigenvalue weighted by molar-refractivity contribution is -0.137. The largest absolute Gasteiger partial charge is 0.491 e. The first-order valence-electron chi connectivity index (χ1n) is 10.9. The summed E-state index contributed by atoms with van der Waals surface area (Å²) in [6, 6.07) is 4.40. The predicted molar refractivity (Wildman–Crippen MR) is 115 cm³/mol. The lowest BCUT2D eigenvalue weighted by Gasteiger charge is -2.21. The van der Waals surface area contributed by atoms with Gasteiger partial charge >= 0.3 is 12.1 Å². The molecule has 0 aliphatic heterocycles. The summed E-state index contributed by atoms with van der Waals surface area (Å²) in [4.78, 5) is 11.0. The molecule has 1 aliphatic rings. The molecule has 1 aliphatic carbocycles. The van der Waals surface area contributed by atoms with E-state index in [0.29, 0.717) is 12.8 Å². The number of methoxy groups -OCH3 is 1. The van der Waals surface area contributed by atoms with E-state index in [1.165, 1.54) is 31.4 Å². The Balaban J connectivity index is 1.84. The highest BCUT2D eigenvalue weighted by molar-refractivity contribution is 5.81. The number of esters is 1. The maximum atomic E-state index is 12.8. The van der Waals surface area contributed by atoms with Crippen molar-refractivity contribution in [2.24, 2.45) is 11.8 Å². The van der Waals surface area contributed by atoms with Crippen LogP contribution in [0.4, 0.5) is 13.2 Å². The van der Waals surface area contributed by atoms with Crippen molar-refractivity contribution in [1.82, 2.24) is 0 Å². The quantitative estimate of drug-likeness (QED) is 0.197. The second-order valence-corrected chi connectivity index (χ2v) is 8.11. The molecular formula is C24H31F3O6. The molecule has 9 heteroatoms. The zero-order valence-corrected chi connectivity index (χ0v) is 18.4. The van der Waals surface area contributed by atoms with Crippen molar-refractivity contribution in [2.45, 2.75) is 56.6 Å². The Morgan fingerprint density at radius 3 is 2.70 bits per heavy atom. The molecule has 0 aromatic heterocycles. The Bertz CT molecular complexity index is 808. The van der Waals surface area contributed by atoms with Gasteiger partial charge in [0.25, 0.3) is 0 Å². The maximum absolute atomic E-state index is 12.8. The zero-order chi connectivity index (χ0) is 24.4. The molecule has 1 saturated carbocycles. The first-order valence-corrected chi connectivity index (χ1v) is 10.9. The highest BCUT2D eigenvalue weighted by atomic mass is 19.4. The molecule has 0 heterocycles. The van der Waals surface area contributed by atoms with E-state index in [0.717, 1.165) is 25.0 Å². The highest BCUT2D eigenvalue weighted by Crippen LogP contribution is 2.37. The smallest absolute Gasteiger partial charge is 0.416 e. The number of hydrogen-bond acceptors (Lipinski definition) is 6. The minimum atomic E-state index is -4.48. The van der Waals surface area contributed by atoms with E-state index in [-0.39, 0.29) is 30.6 Å². The van der Waals surface area contributed by atoms with Crippen LogP contribution in [-0.2, 0) is 15.7 Å². The Hall–Kier alpha value is -2.36. The average Bonchev–Trinajstić information content (AvgIpc) is 3.04. The number of rotatable bonds is 11. The molecule has 3 N–H and O–H groups in total. The fourth-order valence-electron chi connectivity index (χ4n) is 3.92. The number of unbranched alkanes of at least 4 members (excludes halogenated alkanes) is 2. The second-order valence-electron chi connectivity index (χ2n) is 8.11. The number of carbonyl (C=O) groups is 1. The summed E-state index contributed by atoms with van der Waals surface area (Å²) in [6.07, 6.45) is 2.35.